The summed E-state index contributed by atoms with van der Waals surface area (Å²) in [6.45, 7) is -0.256. The lowest BCUT2D eigenvalue weighted by Gasteiger charge is -2.12. The number of amides is 4. The van der Waals surface area contributed by atoms with Crippen LogP contribution >= 0.6 is 0 Å². The molecule has 0 spiro atoms. The second kappa shape index (κ2) is 8.31. The Morgan fingerprint density at radius 1 is 1.11 bits per heavy atom. The average molecular weight is 369 g/mol. The monoisotopic (exact) mass is 369 g/mol. The minimum absolute atomic E-state index is 0.127. The van der Waals surface area contributed by atoms with Gasteiger partial charge in [0, 0.05) is 13.1 Å². The lowest BCUT2D eigenvalue weighted by atomic mass is 10.0. The fraction of sp³-hybridized carbons (Fsp3) is 0.263. The van der Waals surface area contributed by atoms with Crippen molar-refractivity contribution >= 4 is 34.6 Å². The molecule has 2 aromatic rings. The molecule has 0 saturated carbocycles. The minimum atomic E-state index is -0.741. The molecule has 0 bridgehead atoms. The van der Waals surface area contributed by atoms with E-state index in [2.05, 4.69) is 10.6 Å². The summed E-state index contributed by atoms with van der Waals surface area (Å²) < 4.78 is 4.81. The van der Waals surface area contributed by atoms with E-state index in [1.165, 1.54) is 0 Å². The Kier molecular flexibility index (Phi) is 5.65. The van der Waals surface area contributed by atoms with Crippen LogP contribution in [0.25, 0.3) is 10.8 Å². The van der Waals surface area contributed by atoms with Crippen LogP contribution in [0.1, 0.15) is 5.56 Å². The number of imide groups is 1. The van der Waals surface area contributed by atoms with E-state index in [0.717, 1.165) is 21.2 Å². The maximum Gasteiger partial charge on any atom is 0.325 e. The van der Waals surface area contributed by atoms with Crippen LogP contribution in [0.5, 0.6) is 0 Å². The van der Waals surface area contributed by atoms with Gasteiger partial charge in [0.05, 0.1) is 6.42 Å². The van der Waals surface area contributed by atoms with Gasteiger partial charge in [0.25, 0.3) is 5.91 Å². The number of urea groups is 1. The van der Waals surface area contributed by atoms with Crippen LogP contribution in [-0.4, -0.2) is 55.0 Å². The molecule has 2 aromatic carbocycles. The number of hydrogen-bond acceptors (Lipinski definition) is 5. The standard InChI is InChI=1S/C19H19N3O5/c23-16(10-14-6-3-5-13-4-1-2-7-15(13)14)21-11-18(25)27-12-17(24)22-9-8-20-19(22)26/h1-7H,8-12H2,(H,20,26)(H,21,23). The number of esters is 1. The van der Waals surface area contributed by atoms with E-state index >= 15 is 0 Å². The van der Waals surface area contributed by atoms with Gasteiger partial charge in [-0.1, -0.05) is 42.5 Å². The molecule has 1 heterocycles. The molecule has 140 valence electrons. The Labute approximate surface area is 155 Å². The van der Waals surface area contributed by atoms with Crippen molar-refractivity contribution < 1.29 is 23.9 Å². The van der Waals surface area contributed by atoms with Gasteiger partial charge in [-0.05, 0) is 16.3 Å². The zero-order chi connectivity index (χ0) is 19.2. The first kappa shape index (κ1) is 18.4. The number of benzene rings is 2. The maximum absolute atomic E-state index is 12.1. The summed E-state index contributed by atoms with van der Waals surface area (Å²) in [5, 5.41) is 6.98. The molecule has 0 unspecified atom stereocenters. The summed E-state index contributed by atoms with van der Waals surface area (Å²) in [6, 6.07) is 12.9. The van der Waals surface area contributed by atoms with Crippen molar-refractivity contribution in [1.29, 1.82) is 0 Å². The van der Waals surface area contributed by atoms with Gasteiger partial charge in [-0.15, -0.1) is 0 Å². The molecule has 1 saturated heterocycles. The summed E-state index contributed by atoms with van der Waals surface area (Å²) in [6.07, 6.45) is 0.127. The van der Waals surface area contributed by atoms with E-state index < -0.39 is 24.5 Å². The Bertz CT molecular complexity index is 891. The molecule has 27 heavy (non-hydrogen) atoms. The van der Waals surface area contributed by atoms with E-state index in [0.29, 0.717) is 6.54 Å². The number of hydrogen-bond donors (Lipinski definition) is 2. The SMILES string of the molecule is O=C(Cc1cccc2ccccc12)NCC(=O)OCC(=O)N1CCNC1=O. The molecule has 0 atom stereocenters. The Morgan fingerprint density at radius 3 is 2.67 bits per heavy atom. The normalized spacial score (nSPS) is 13.3. The van der Waals surface area contributed by atoms with Gasteiger partial charge in [0.2, 0.25) is 5.91 Å². The average Bonchev–Trinajstić information content (AvgIpc) is 3.11. The molecule has 0 radical (unpaired) electrons. The number of ether oxygens (including phenoxy) is 1. The zero-order valence-electron chi connectivity index (χ0n) is 14.6. The van der Waals surface area contributed by atoms with Crippen molar-refractivity contribution in [2.45, 2.75) is 6.42 Å². The Morgan fingerprint density at radius 2 is 1.89 bits per heavy atom. The zero-order valence-corrected chi connectivity index (χ0v) is 14.6. The molecule has 1 aliphatic rings. The summed E-state index contributed by atoms with van der Waals surface area (Å²) >= 11 is 0. The first-order valence-electron chi connectivity index (χ1n) is 8.52. The van der Waals surface area contributed by atoms with E-state index in [4.69, 9.17) is 4.74 Å². The number of nitrogens with zero attached hydrogens (tertiary/aromatic N) is 1. The molecule has 8 nitrogen and oxygen atoms in total. The fourth-order valence-electron chi connectivity index (χ4n) is 2.83. The molecular weight excluding hydrogens is 350 g/mol. The van der Waals surface area contributed by atoms with Crippen LogP contribution < -0.4 is 10.6 Å². The van der Waals surface area contributed by atoms with Gasteiger partial charge < -0.3 is 15.4 Å². The quantitative estimate of drug-likeness (QED) is 0.726. The number of nitrogens with one attached hydrogen (secondary N) is 2. The highest BCUT2D eigenvalue weighted by molar-refractivity contribution is 5.97. The highest BCUT2D eigenvalue weighted by atomic mass is 16.5. The third-order valence-corrected chi connectivity index (χ3v) is 4.18. The predicted octanol–water partition coefficient (Wildman–Crippen LogP) is 0.593. The van der Waals surface area contributed by atoms with E-state index in [-0.39, 0.29) is 25.4 Å². The van der Waals surface area contributed by atoms with Crippen LogP contribution in [0, 0.1) is 0 Å². The second-order valence-electron chi connectivity index (χ2n) is 6.03. The summed E-state index contributed by atoms with van der Waals surface area (Å²) in [7, 11) is 0. The van der Waals surface area contributed by atoms with E-state index in [9.17, 15) is 19.2 Å². The number of rotatable bonds is 6. The molecule has 0 aliphatic carbocycles. The molecule has 0 aromatic heterocycles. The highest BCUT2D eigenvalue weighted by Gasteiger charge is 2.26. The van der Waals surface area contributed by atoms with Crippen molar-refractivity contribution in [3.8, 4) is 0 Å². The number of fused-ring (bicyclic) bond motifs is 1. The van der Waals surface area contributed by atoms with Gasteiger partial charge in [-0.3, -0.25) is 19.3 Å². The molecule has 4 amide bonds. The van der Waals surface area contributed by atoms with Gasteiger partial charge in [0.1, 0.15) is 6.54 Å². The molecule has 2 N–H and O–H groups in total. The van der Waals surface area contributed by atoms with E-state index in [1.807, 2.05) is 42.5 Å². The third kappa shape index (κ3) is 4.60. The number of carbonyl (C=O) groups excluding carboxylic acids is 4. The first-order valence-corrected chi connectivity index (χ1v) is 8.52. The van der Waals surface area contributed by atoms with Gasteiger partial charge in [-0.2, -0.15) is 0 Å². The summed E-state index contributed by atoms with van der Waals surface area (Å²) in [5.41, 5.74) is 0.856. The van der Waals surface area contributed by atoms with Crippen molar-refractivity contribution in [2.24, 2.45) is 0 Å². The maximum atomic E-state index is 12.1. The predicted molar refractivity (Wildman–Crippen MR) is 96.7 cm³/mol. The highest BCUT2D eigenvalue weighted by Crippen LogP contribution is 2.18. The van der Waals surface area contributed by atoms with Gasteiger partial charge >= 0.3 is 12.0 Å². The topological polar surface area (TPSA) is 105 Å². The van der Waals surface area contributed by atoms with Gasteiger partial charge in [-0.25, -0.2) is 4.79 Å². The first-order chi connectivity index (χ1) is 13.0. The van der Waals surface area contributed by atoms with E-state index in [1.54, 1.807) is 0 Å². The molecule has 1 aliphatic heterocycles. The summed E-state index contributed by atoms with van der Waals surface area (Å²) in [5.74, 6) is -1.66. The largest absolute Gasteiger partial charge is 0.454 e. The van der Waals surface area contributed by atoms with Crippen LogP contribution in [0.4, 0.5) is 4.79 Å². The lowest BCUT2D eigenvalue weighted by molar-refractivity contribution is -0.150. The van der Waals surface area contributed by atoms with Crippen LogP contribution in [0.3, 0.4) is 0 Å². The van der Waals surface area contributed by atoms with Crippen LogP contribution in [0.2, 0.25) is 0 Å². The van der Waals surface area contributed by atoms with Crippen molar-refractivity contribution in [3.05, 3.63) is 48.0 Å². The summed E-state index contributed by atoms with van der Waals surface area (Å²) in [4.78, 5) is 47.9. The molecule has 3 rings (SSSR count). The third-order valence-electron chi connectivity index (χ3n) is 4.18. The molecule has 1 fully saturated rings. The van der Waals surface area contributed by atoms with Crippen molar-refractivity contribution in [3.63, 3.8) is 0 Å². The smallest absolute Gasteiger partial charge is 0.325 e. The van der Waals surface area contributed by atoms with Crippen molar-refractivity contribution in [1.82, 2.24) is 15.5 Å². The minimum Gasteiger partial charge on any atom is -0.454 e. The van der Waals surface area contributed by atoms with Crippen LogP contribution in [-0.2, 0) is 25.5 Å². The molecule has 8 heteroatoms. The van der Waals surface area contributed by atoms with Crippen LogP contribution in [0.15, 0.2) is 42.5 Å². The Balaban J connectivity index is 1.45. The number of carbonyl (C=O) groups is 4. The lowest BCUT2D eigenvalue weighted by Crippen LogP contribution is -2.38. The fourth-order valence-corrected chi connectivity index (χ4v) is 2.83. The molecular formula is C19H19N3O5. The van der Waals surface area contributed by atoms with Gasteiger partial charge in [0.15, 0.2) is 6.61 Å². The second-order valence-corrected chi connectivity index (χ2v) is 6.03. The van der Waals surface area contributed by atoms with Crippen molar-refractivity contribution in [2.75, 3.05) is 26.2 Å². The Hall–Kier alpha value is -3.42.